The molecule has 0 saturated carbocycles. The van der Waals surface area contributed by atoms with Gasteiger partial charge in [0.2, 0.25) is 11.8 Å². The summed E-state index contributed by atoms with van der Waals surface area (Å²) in [6.45, 7) is 2.34. The molecule has 2 N–H and O–H groups in total. The smallest absolute Gasteiger partial charge is 0.455 e. The average molecular weight is 612 g/mol. The molecule has 0 bridgehead atoms. The number of para-hydroxylation sites is 2. The third-order valence-electron chi connectivity index (χ3n) is 9.00. The van der Waals surface area contributed by atoms with Gasteiger partial charge in [-0.1, -0.05) is 66.6 Å². The van der Waals surface area contributed by atoms with Gasteiger partial charge in [0, 0.05) is 0 Å². The van der Waals surface area contributed by atoms with Gasteiger partial charge < -0.3 is 19.5 Å². The molecule has 2 aliphatic heterocycles. The number of benzene rings is 3. The van der Waals surface area contributed by atoms with Crippen molar-refractivity contribution in [3.05, 3.63) is 106 Å². The summed E-state index contributed by atoms with van der Waals surface area (Å²) in [5.41, 5.74) is 4.45. The lowest BCUT2D eigenvalue weighted by Gasteiger charge is -2.43. The first kappa shape index (κ1) is 30.2. The second-order valence-corrected chi connectivity index (χ2v) is 12.1. The van der Waals surface area contributed by atoms with Crippen LogP contribution in [0.1, 0.15) is 38.2 Å². The number of amides is 2. The minimum absolute atomic E-state index is 0.111. The summed E-state index contributed by atoms with van der Waals surface area (Å²) in [4.78, 5) is 29.1. The van der Waals surface area contributed by atoms with Gasteiger partial charge in [-0.15, -0.1) is 0 Å². The van der Waals surface area contributed by atoms with E-state index in [1.807, 2.05) is 54.6 Å². The van der Waals surface area contributed by atoms with Crippen molar-refractivity contribution >= 4 is 42.3 Å². The van der Waals surface area contributed by atoms with Crippen LogP contribution >= 0.6 is 11.6 Å². The van der Waals surface area contributed by atoms with E-state index in [2.05, 4.69) is 6.92 Å². The number of imide groups is 1. The van der Waals surface area contributed by atoms with Gasteiger partial charge in [-0.05, 0) is 97.1 Å². The normalized spacial score (nSPS) is 23.6. The Morgan fingerprint density at radius 1 is 1.05 bits per heavy atom. The van der Waals surface area contributed by atoms with Crippen LogP contribution in [-0.4, -0.2) is 41.8 Å². The molecule has 0 unspecified atom stereocenters. The van der Waals surface area contributed by atoms with Crippen molar-refractivity contribution in [3.8, 4) is 11.5 Å². The number of hydrogen-bond acceptors (Lipinski definition) is 6. The Kier molecular flexibility index (Phi) is 8.94. The Balaban J connectivity index is 1.33. The van der Waals surface area contributed by atoms with E-state index < -0.39 is 25.1 Å². The summed E-state index contributed by atoms with van der Waals surface area (Å²) in [6.07, 6.45) is 4.25. The molecule has 7 nitrogen and oxygen atoms in total. The fraction of sp³-hybridized carbons (Fsp3) is 0.314. The second kappa shape index (κ2) is 13.0. The number of phenolic OH excluding ortho intramolecular Hbond substituents is 1. The first-order chi connectivity index (χ1) is 21.3. The number of phenols is 1. The third kappa shape index (κ3) is 6.07. The Bertz CT molecular complexity index is 1590. The van der Waals surface area contributed by atoms with Crippen LogP contribution in [0, 0.1) is 17.8 Å². The summed E-state index contributed by atoms with van der Waals surface area (Å²) in [5, 5.41) is 21.2. The van der Waals surface area contributed by atoms with Crippen molar-refractivity contribution in [2.75, 3.05) is 11.5 Å². The number of halogens is 1. The molecule has 2 heterocycles. The number of nitrogens with zero attached hydrogens (tertiary/aromatic N) is 1. The predicted octanol–water partition coefficient (Wildman–Crippen LogP) is 6.70. The van der Waals surface area contributed by atoms with Gasteiger partial charge in [-0.3, -0.25) is 14.5 Å². The summed E-state index contributed by atoms with van der Waals surface area (Å²) >= 11 is 6.38. The molecule has 2 fully saturated rings. The molecule has 0 radical (unpaired) electrons. The maximum atomic E-state index is 14.0. The number of aromatic hydroxyl groups is 1. The molecule has 3 aromatic rings. The molecule has 1 aliphatic carbocycles. The number of carbonyl (C=O) groups excluding carboxylic acids is 2. The minimum atomic E-state index is -1.06. The number of fused-ring (bicyclic) bond motifs is 3. The summed E-state index contributed by atoms with van der Waals surface area (Å²) in [6, 6.07) is 23.5. The summed E-state index contributed by atoms with van der Waals surface area (Å²) in [7, 11) is -1.06. The fourth-order valence-corrected chi connectivity index (χ4v) is 7.17. The quantitative estimate of drug-likeness (QED) is 0.159. The maximum absolute atomic E-state index is 14.0. The van der Waals surface area contributed by atoms with Gasteiger partial charge in [-0.2, -0.15) is 0 Å². The van der Waals surface area contributed by atoms with Crippen LogP contribution < -0.4 is 9.64 Å². The van der Waals surface area contributed by atoms with E-state index >= 15 is 0 Å². The number of carbonyl (C=O) groups is 2. The standard InChI is InChI=1S/C35H35BClNO6/c1-2-22(17-23-14-15-26(39)19-30(23)37)13-16-31-32-24(21-43-27-11-7-4-8-12-27)18-28-33(29(32)20-36(42)44-31)35(41)38(34(28)40)25-9-5-3-6-10-25/h3-12,14-15,17,19,28-29,31,33,39,42H,2,13,16,18,20-21H2,1H3/b22-17+/t28-,29+,31-,33-/m1/s1. The lowest BCUT2D eigenvalue weighted by molar-refractivity contribution is -0.122. The first-order valence-corrected chi connectivity index (χ1v) is 15.6. The van der Waals surface area contributed by atoms with Crippen molar-refractivity contribution in [3.63, 3.8) is 0 Å². The largest absolute Gasteiger partial charge is 0.508 e. The van der Waals surface area contributed by atoms with Gasteiger partial charge >= 0.3 is 7.12 Å². The van der Waals surface area contributed by atoms with Gasteiger partial charge in [0.25, 0.3) is 0 Å². The molecular formula is C35H35BClNO6. The molecule has 0 aromatic heterocycles. The number of rotatable bonds is 9. The number of allylic oxidation sites excluding steroid dienone is 1. The van der Waals surface area contributed by atoms with E-state index in [-0.39, 0.29) is 36.4 Å². The SMILES string of the molecule is CC/C(=C\c1ccc(O)cc1Cl)CC[C@H]1OB(O)C[C@H]2C1=C(COc1ccccc1)C[C@H]1C(=O)N(c3ccccc3)C(=O)[C@H]12. The predicted molar refractivity (Wildman–Crippen MR) is 171 cm³/mol. The van der Waals surface area contributed by atoms with Gasteiger partial charge in [0.05, 0.1) is 28.6 Å². The van der Waals surface area contributed by atoms with E-state index in [0.717, 1.165) is 28.7 Å². The molecule has 9 heteroatoms. The van der Waals surface area contributed by atoms with Gasteiger partial charge in [-0.25, -0.2) is 0 Å². The lowest BCUT2D eigenvalue weighted by Crippen LogP contribution is -2.46. The highest BCUT2D eigenvalue weighted by atomic mass is 35.5. The van der Waals surface area contributed by atoms with E-state index in [9.17, 15) is 19.7 Å². The number of hydrogen-bond donors (Lipinski definition) is 2. The zero-order valence-corrected chi connectivity index (χ0v) is 25.3. The van der Waals surface area contributed by atoms with Crippen molar-refractivity contribution in [1.29, 1.82) is 0 Å². The Morgan fingerprint density at radius 3 is 2.48 bits per heavy atom. The third-order valence-corrected chi connectivity index (χ3v) is 9.33. The highest BCUT2D eigenvalue weighted by molar-refractivity contribution is 6.43. The number of ether oxygens (including phenoxy) is 1. The van der Waals surface area contributed by atoms with Crippen LogP contribution in [0.4, 0.5) is 5.69 Å². The molecule has 44 heavy (non-hydrogen) atoms. The molecule has 6 rings (SSSR count). The zero-order valence-electron chi connectivity index (χ0n) is 24.6. The highest BCUT2D eigenvalue weighted by Crippen LogP contribution is 2.51. The van der Waals surface area contributed by atoms with Crippen molar-refractivity contribution < 1.29 is 29.1 Å². The average Bonchev–Trinajstić information content (AvgIpc) is 3.28. The second-order valence-electron chi connectivity index (χ2n) is 11.7. The van der Waals surface area contributed by atoms with E-state index in [4.69, 9.17) is 21.0 Å². The maximum Gasteiger partial charge on any atom is 0.455 e. The van der Waals surface area contributed by atoms with E-state index in [1.165, 1.54) is 11.0 Å². The minimum Gasteiger partial charge on any atom is -0.508 e. The molecule has 4 atom stereocenters. The zero-order chi connectivity index (χ0) is 30.8. The topological polar surface area (TPSA) is 96.3 Å². The molecule has 226 valence electrons. The van der Waals surface area contributed by atoms with E-state index in [0.29, 0.717) is 35.7 Å². The van der Waals surface area contributed by atoms with Crippen LogP contribution in [0.5, 0.6) is 11.5 Å². The fourth-order valence-electron chi connectivity index (χ4n) is 6.94. The number of anilines is 1. The first-order valence-electron chi connectivity index (χ1n) is 15.2. The molecule has 2 saturated heterocycles. The van der Waals surface area contributed by atoms with Gasteiger partial charge in [0.1, 0.15) is 18.1 Å². The van der Waals surface area contributed by atoms with Crippen molar-refractivity contribution in [2.24, 2.45) is 17.8 Å². The summed E-state index contributed by atoms with van der Waals surface area (Å²) < 4.78 is 12.4. The van der Waals surface area contributed by atoms with Crippen LogP contribution in [0.3, 0.4) is 0 Å². The van der Waals surface area contributed by atoms with E-state index in [1.54, 1.807) is 24.3 Å². The molecule has 3 aromatic carbocycles. The highest BCUT2D eigenvalue weighted by Gasteiger charge is 2.57. The Hall–Kier alpha value is -3.85. The van der Waals surface area contributed by atoms with Crippen LogP contribution in [0.2, 0.25) is 11.3 Å². The lowest BCUT2D eigenvalue weighted by atomic mass is 9.58. The Morgan fingerprint density at radius 2 is 1.77 bits per heavy atom. The van der Waals surface area contributed by atoms with Crippen LogP contribution in [-0.2, 0) is 14.2 Å². The molecule has 3 aliphatic rings. The Labute approximate surface area is 262 Å². The monoisotopic (exact) mass is 611 g/mol. The molecule has 2 amide bonds. The van der Waals surface area contributed by atoms with Crippen molar-refractivity contribution in [2.45, 2.75) is 45.0 Å². The molecule has 0 spiro atoms. The van der Waals surface area contributed by atoms with Crippen LogP contribution in [0.25, 0.3) is 6.08 Å². The van der Waals surface area contributed by atoms with Gasteiger partial charge in [0.15, 0.2) is 0 Å². The van der Waals surface area contributed by atoms with Crippen LogP contribution in [0.15, 0.2) is 95.6 Å². The van der Waals surface area contributed by atoms with Crippen molar-refractivity contribution in [1.82, 2.24) is 0 Å². The summed E-state index contributed by atoms with van der Waals surface area (Å²) in [5.74, 6) is -1.05. The molecular weight excluding hydrogens is 577 g/mol.